The maximum atomic E-state index is 5.26. The summed E-state index contributed by atoms with van der Waals surface area (Å²) in [5.41, 5.74) is 3.14. The van der Waals surface area contributed by atoms with Gasteiger partial charge in [-0.25, -0.2) is 0 Å². The number of hydrogen-bond donors (Lipinski definition) is 1. The summed E-state index contributed by atoms with van der Waals surface area (Å²) >= 11 is 0. The van der Waals surface area contributed by atoms with Crippen molar-refractivity contribution in [1.82, 2.24) is 15.3 Å². The summed E-state index contributed by atoms with van der Waals surface area (Å²) in [5, 5.41) is 3.55. The molecule has 0 bridgehead atoms. The number of aromatic nitrogens is 2. The molecule has 2 rings (SSSR count). The molecule has 0 saturated carbocycles. The zero-order valence-electron chi connectivity index (χ0n) is 12.4. The quantitative estimate of drug-likeness (QED) is 0.907. The Bertz CT molecular complexity index is 571. The van der Waals surface area contributed by atoms with Crippen molar-refractivity contribution >= 4 is 0 Å². The predicted octanol–water partition coefficient (Wildman–Crippen LogP) is 3.21. The Morgan fingerprint density at radius 2 is 1.85 bits per heavy atom. The molecule has 20 heavy (non-hydrogen) atoms. The zero-order chi connectivity index (χ0) is 14.5. The van der Waals surface area contributed by atoms with E-state index in [9.17, 15) is 0 Å². The molecule has 0 aliphatic heterocycles. The molecule has 4 heteroatoms. The molecule has 1 unspecified atom stereocenters. The Morgan fingerprint density at radius 3 is 2.55 bits per heavy atom. The first-order valence-corrected chi connectivity index (χ1v) is 6.79. The van der Waals surface area contributed by atoms with Crippen molar-refractivity contribution in [3.05, 3.63) is 53.6 Å². The lowest BCUT2D eigenvalue weighted by molar-refractivity contribution is 0.412. The van der Waals surface area contributed by atoms with Crippen molar-refractivity contribution in [2.45, 2.75) is 32.9 Å². The van der Waals surface area contributed by atoms with Gasteiger partial charge in [0.1, 0.15) is 5.75 Å². The summed E-state index contributed by atoms with van der Waals surface area (Å²) in [5.74, 6) is 0.875. The Morgan fingerprint density at radius 1 is 1.10 bits per heavy atom. The van der Waals surface area contributed by atoms with Gasteiger partial charge in [0.25, 0.3) is 0 Å². The summed E-state index contributed by atoms with van der Waals surface area (Å²) in [6.07, 6.45) is 3.45. The van der Waals surface area contributed by atoms with Gasteiger partial charge in [0.2, 0.25) is 0 Å². The Labute approximate surface area is 120 Å². The van der Waals surface area contributed by atoms with E-state index in [1.807, 2.05) is 25.1 Å². The van der Waals surface area contributed by atoms with Crippen molar-refractivity contribution in [2.24, 2.45) is 0 Å². The molecule has 0 aliphatic carbocycles. The van der Waals surface area contributed by atoms with Gasteiger partial charge in [0.15, 0.2) is 0 Å². The van der Waals surface area contributed by atoms with Crippen LogP contribution in [-0.2, 0) is 0 Å². The van der Waals surface area contributed by atoms with E-state index in [2.05, 4.69) is 35.2 Å². The van der Waals surface area contributed by atoms with Crippen LogP contribution in [0, 0.1) is 6.92 Å². The molecule has 2 aromatic rings. The molecule has 0 spiro atoms. The molecule has 1 aromatic carbocycles. The van der Waals surface area contributed by atoms with Crippen LogP contribution in [-0.4, -0.2) is 17.1 Å². The SMILES string of the molecule is COc1cccc([C@@H](C)NC(C)c2nccnc2C)c1. The van der Waals surface area contributed by atoms with E-state index >= 15 is 0 Å². The molecular formula is C16H21N3O. The Hall–Kier alpha value is -1.94. The van der Waals surface area contributed by atoms with Gasteiger partial charge >= 0.3 is 0 Å². The number of hydrogen-bond acceptors (Lipinski definition) is 4. The fourth-order valence-corrected chi connectivity index (χ4v) is 2.30. The highest BCUT2D eigenvalue weighted by molar-refractivity contribution is 5.30. The van der Waals surface area contributed by atoms with Crippen molar-refractivity contribution in [3.63, 3.8) is 0 Å². The molecule has 106 valence electrons. The lowest BCUT2D eigenvalue weighted by Gasteiger charge is -2.21. The first kappa shape index (κ1) is 14.5. The van der Waals surface area contributed by atoms with Crippen LogP contribution in [0.2, 0.25) is 0 Å². The number of rotatable bonds is 5. The van der Waals surface area contributed by atoms with Gasteiger partial charge in [-0.05, 0) is 38.5 Å². The van der Waals surface area contributed by atoms with Gasteiger partial charge in [-0.15, -0.1) is 0 Å². The van der Waals surface area contributed by atoms with Crippen LogP contribution in [0.25, 0.3) is 0 Å². The minimum absolute atomic E-state index is 0.143. The van der Waals surface area contributed by atoms with Crippen LogP contribution in [0.5, 0.6) is 5.75 Å². The monoisotopic (exact) mass is 271 g/mol. The number of methoxy groups -OCH3 is 1. The molecule has 0 radical (unpaired) electrons. The van der Waals surface area contributed by atoms with E-state index < -0.39 is 0 Å². The molecule has 1 aromatic heterocycles. The second-order valence-electron chi connectivity index (χ2n) is 4.91. The highest BCUT2D eigenvalue weighted by atomic mass is 16.5. The minimum atomic E-state index is 0.143. The lowest BCUT2D eigenvalue weighted by Crippen LogP contribution is -2.24. The normalized spacial score (nSPS) is 13.8. The fourth-order valence-electron chi connectivity index (χ4n) is 2.30. The maximum Gasteiger partial charge on any atom is 0.119 e. The van der Waals surface area contributed by atoms with Crippen LogP contribution in [0.1, 0.15) is 42.9 Å². The molecule has 0 saturated heterocycles. The standard InChI is InChI=1S/C16H21N3O/c1-11(14-6-5-7-15(10-14)20-4)19-13(3)16-12(2)17-8-9-18-16/h5-11,13,19H,1-4H3/t11-,13?/m1/s1. The molecular weight excluding hydrogens is 250 g/mol. The van der Waals surface area contributed by atoms with Crippen LogP contribution in [0.15, 0.2) is 36.7 Å². The van der Waals surface area contributed by atoms with Gasteiger partial charge in [-0.2, -0.15) is 0 Å². The van der Waals surface area contributed by atoms with E-state index in [0.29, 0.717) is 0 Å². The summed E-state index contributed by atoms with van der Waals surface area (Å²) in [6.45, 7) is 6.22. The average molecular weight is 271 g/mol. The topological polar surface area (TPSA) is 47.0 Å². The maximum absolute atomic E-state index is 5.26. The third kappa shape index (κ3) is 3.33. The average Bonchev–Trinajstić information content (AvgIpc) is 2.47. The second-order valence-corrected chi connectivity index (χ2v) is 4.91. The van der Waals surface area contributed by atoms with Crippen molar-refractivity contribution in [2.75, 3.05) is 7.11 Å². The summed E-state index contributed by atoms with van der Waals surface area (Å²) in [6, 6.07) is 8.45. The predicted molar refractivity (Wildman–Crippen MR) is 79.7 cm³/mol. The lowest BCUT2D eigenvalue weighted by atomic mass is 10.1. The van der Waals surface area contributed by atoms with E-state index in [0.717, 1.165) is 17.1 Å². The van der Waals surface area contributed by atoms with Crippen molar-refractivity contribution in [1.29, 1.82) is 0 Å². The van der Waals surface area contributed by atoms with Gasteiger partial charge < -0.3 is 10.1 Å². The fraction of sp³-hybridized carbons (Fsp3) is 0.375. The van der Waals surface area contributed by atoms with Gasteiger partial charge in [-0.1, -0.05) is 12.1 Å². The number of benzene rings is 1. The van der Waals surface area contributed by atoms with Gasteiger partial charge in [0.05, 0.1) is 18.5 Å². The number of aryl methyl sites for hydroxylation is 1. The van der Waals surface area contributed by atoms with E-state index in [1.165, 1.54) is 5.56 Å². The molecule has 1 N–H and O–H groups in total. The van der Waals surface area contributed by atoms with E-state index in [-0.39, 0.29) is 12.1 Å². The largest absolute Gasteiger partial charge is 0.497 e. The van der Waals surface area contributed by atoms with Crippen LogP contribution in [0.3, 0.4) is 0 Å². The summed E-state index contributed by atoms with van der Waals surface area (Å²) in [7, 11) is 1.68. The molecule has 0 fully saturated rings. The number of nitrogens with zero attached hydrogens (tertiary/aromatic N) is 2. The van der Waals surface area contributed by atoms with Crippen LogP contribution < -0.4 is 10.1 Å². The van der Waals surface area contributed by atoms with Gasteiger partial charge in [0, 0.05) is 24.5 Å². The Balaban J connectivity index is 2.11. The highest BCUT2D eigenvalue weighted by Gasteiger charge is 2.14. The zero-order valence-corrected chi connectivity index (χ0v) is 12.4. The van der Waals surface area contributed by atoms with E-state index in [1.54, 1.807) is 19.5 Å². The van der Waals surface area contributed by atoms with E-state index in [4.69, 9.17) is 4.74 Å². The van der Waals surface area contributed by atoms with Crippen LogP contribution in [0.4, 0.5) is 0 Å². The molecule has 0 amide bonds. The molecule has 0 aliphatic rings. The molecule has 1 heterocycles. The highest BCUT2D eigenvalue weighted by Crippen LogP contribution is 2.22. The third-order valence-electron chi connectivity index (χ3n) is 3.42. The van der Waals surface area contributed by atoms with Gasteiger partial charge in [-0.3, -0.25) is 9.97 Å². The smallest absolute Gasteiger partial charge is 0.119 e. The second kappa shape index (κ2) is 6.48. The number of ether oxygens (including phenoxy) is 1. The molecule has 2 atom stereocenters. The first-order valence-electron chi connectivity index (χ1n) is 6.79. The minimum Gasteiger partial charge on any atom is -0.497 e. The first-order chi connectivity index (χ1) is 9.61. The third-order valence-corrected chi connectivity index (χ3v) is 3.42. The van der Waals surface area contributed by atoms with Crippen LogP contribution >= 0.6 is 0 Å². The summed E-state index contributed by atoms with van der Waals surface area (Å²) in [4.78, 5) is 8.69. The Kier molecular flexibility index (Phi) is 4.69. The number of nitrogens with one attached hydrogen (secondary N) is 1. The van der Waals surface area contributed by atoms with Crippen molar-refractivity contribution < 1.29 is 4.74 Å². The molecule has 4 nitrogen and oxygen atoms in total. The van der Waals surface area contributed by atoms with Crippen molar-refractivity contribution in [3.8, 4) is 5.75 Å². The summed E-state index contributed by atoms with van der Waals surface area (Å²) < 4.78 is 5.26.